The summed E-state index contributed by atoms with van der Waals surface area (Å²) in [5.41, 5.74) is 0.713. The van der Waals surface area contributed by atoms with Crippen LogP contribution in [-0.2, 0) is 15.1 Å². The molecule has 2 heterocycles. The highest BCUT2D eigenvalue weighted by Gasteiger charge is 2.53. The van der Waals surface area contributed by atoms with Gasteiger partial charge >= 0.3 is 5.97 Å². The van der Waals surface area contributed by atoms with Crippen molar-refractivity contribution in [2.24, 2.45) is 0 Å². The van der Waals surface area contributed by atoms with Crippen molar-refractivity contribution in [3.63, 3.8) is 0 Å². The number of rotatable bonds is 11. The van der Waals surface area contributed by atoms with Crippen molar-refractivity contribution >= 4 is 40.5 Å². The Bertz CT molecular complexity index is 2330. The molecule has 0 radical (unpaired) electrons. The maximum Gasteiger partial charge on any atom is 0.340 e. The molecule has 0 saturated heterocycles. The summed E-state index contributed by atoms with van der Waals surface area (Å²) in [6.45, 7) is -0.0142. The third kappa shape index (κ3) is 6.54. The third-order valence-corrected chi connectivity index (χ3v) is 8.88. The number of carbonyl (C=O) groups is 3. The van der Waals surface area contributed by atoms with Gasteiger partial charge in [-0.25, -0.2) is 4.79 Å². The van der Waals surface area contributed by atoms with Gasteiger partial charge < -0.3 is 34.9 Å². The van der Waals surface area contributed by atoms with Crippen LogP contribution in [0.15, 0.2) is 103 Å². The lowest BCUT2D eigenvalue weighted by Crippen LogP contribution is -2.33. The summed E-state index contributed by atoms with van der Waals surface area (Å²) in [5.74, 6) is -0.399. The number of hydrogen-bond acceptors (Lipinski definition) is 12. The molecular weight excluding hydrogens is 702 g/mol. The Morgan fingerprint density at radius 1 is 0.852 bits per heavy atom. The van der Waals surface area contributed by atoms with Gasteiger partial charge in [0, 0.05) is 59.4 Å². The van der Waals surface area contributed by atoms with E-state index >= 15 is 0 Å². The van der Waals surface area contributed by atoms with Crippen LogP contribution in [-0.4, -0.2) is 59.5 Å². The van der Waals surface area contributed by atoms with E-state index in [-0.39, 0.29) is 36.9 Å². The average molecular weight is 732 g/mol. The highest BCUT2D eigenvalue weighted by Crippen LogP contribution is 2.57. The first-order chi connectivity index (χ1) is 25.9. The summed E-state index contributed by atoms with van der Waals surface area (Å²) in [6, 6.07) is 26.3. The predicted octanol–water partition coefficient (Wildman–Crippen LogP) is 5.66. The number of aromatic hydroxyl groups is 1. The molecule has 54 heavy (non-hydrogen) atoms. The number of nitro benzene ring substituents is 2. The second kappa shape index (κ2) is 13.9. The maximum atomic E-state index is 13.0. The molecule has 0 aliphatic carbocycles. The van der Waals surface area contributed by atoms with Crippen LogP contribution in [0.1, 0.15) is 37.4 Å². The van der Waals surface area contributed by atoms with Crippen LogP contribution in [0.25, 0.3) is 0 Å². The number of hydrogen-bond donors (Lipinski definition) is 3. The van der Waals surface area contributed by atoms with E-state index < -0.39 is 38.7 Å². The van der Waals surface area contributed by atoms with Crippen molar-refractivity contribution in [2.75, 3.05) is 37.0 Å². The minimum atomic E-state index is -1.29. The summed E-state index contributed by atoms with van der Waals surface area (Å²) < 4.78 is 18.0. The first-order valence-electron chi connectivity index (χ1n) is 16.4. The van der Waals surface area contributed by atoms with Gasteiger partial charge in [-0.15, -0.1) is 0 Å². The molecule has 1 unspecified atom stereocenters. The molecule has 1 atom stereocenters. The van der Waals surface area contributed by atoms with Crippen molar-refractivity contribution in [1.29, 1.82) is 0 Å². The summed E-state index contributed by atoms with van der Waals surface area (Å²) in [4.78, 5) is 60.8. The van der Waals surface area contributed by atoms with Crippen molar-refractivity contribution in [3.8, 4) is 23.0 Å². The van der Waals surface area contributed by atoms with E-state index in [0.29, 0.717) is 50.9 Å². The number of likely N-dealkylation sites (N-methyl/N-ethyl adjacent to an activating group) is 1. The fraction of sp³-hybridized carbons (Fsp3) is 0.132. The fourth-order valence-corrected chi connectivity index (χ4v) is 6.41. The molecule has 0 bridgehead atoms. The van der Waals surface area contributed by atoms with Gasteiger partial charge in [-0.2, -0.15) is 0 Å². The number of non-ortho nitro benzene ring substituents is 2. The molecule has 0 aromatic heterocycles. The Kier molecular flexibility index (Phi) is 9.00. The Hall–Kier alpha value is -7.49. The monoisotopic (exact) mass is 731 g/mol. The second-order valence-corrected chi connectivity index (χ2v) is 12.4. The van der Waals surface area contributed by atoms with Gasteiger partial charge in [0.25, 0.3) is 17.3 Å². The van der Waals surface area contributed by atoms with Crippen molar-refractivity contribution < 1.29 is 43.5 Å². The standard InChI is InChI=1S/C38H29N5O11/c1-41(24-8-12-31-33(19-24)53-34-20-27(44)9-13-32(34)38(31)30-5-3-2-4-29(30)37(47)54-38)21-35(45)40-23-6-10-28(11-7-23)52-15-14-39-36(46)22-16-25(42(48)49)18-26(17-22)43(50)51/h2-13,16-20,44H,14-15,21H2,1H3,(H,39,46)(H,40,45). The summed E-state index contributed by atoms with van der Waals surface area (Å²) in [5, 5.41) is 37.8. The van der Waals surface area contributed by atoms with E-state index in [1.807, 2.05) is 12.1 Å². The first-order valence-corrected chi connectivity index (χ1v) is 16.4. The molecule has 0 fully saturated rings. The number of carbonyl (C=O) groups excluding carboxylic acids is 3. The number of anilines is 2. The Morgan fingerprint density at radius 2 is 1.52 bits per heavy atom. The zero-order chi connectivity index (χ0) is 38.1. The van der Waals surface area contributed by atoms with E-state index in [2.05, 4.69) is 10.6 Å². The van der Waals surface area contributed by atoms with Crippen molar-refractivity contribution in [3.05, 3.63) is 151 Å². The number of phenolic OH excluding ortho intramolecular Hbond substituents is 1. The van der Waals surface area contributed by atoms with Gasteiger partial charge in [0.1, 0.15) is 29.6 Å². The number of ether oxygens (including phenoxy) is 3. The lowest BCUT2D eigenvalue weighted by molar-refractivity contribution is -0.394. The molecule has 7 rings (SSSR count). The van der Waals surface area contributed by atoms with E-state index in [0.717, 1.165) is 18.2 Å². The second-order valence-electron chi connectivity index (χ2n) is 12.4. The normalized spacial score (nSPS) is 14.8. The first kappa shape index (κ1) is 34.9. The molecule has 3 N–H and O–H groups in total. The predicted molar refractivity (Wildman–Crippen MR) is 192 cm³/mol. The summed E-state index contributed by atoms with van der Waals surface area (Å²) in [6.07, 6.45) is 0. The summed E-state index contributed by atoms with van der Waals surface area (Å²) >= 11 is 0. The van der Waals surface area contributed by atoms with Crippen molar-refractivity contribution in [2.45, 2.75) is 5.60 Å². The van der Waals surface area contributed by atoms with Gasteiger partial charge in [0.2, 0.25) is 5.91 Å². The largest absolute Gasteiger partial charge is 0.508 e. The molecule has 2 amide bonds. The fourth-order valence-electron chi connectivity index (χ4n) is 6.41. The van der Waals surface area contributed by atoms with Crippen LogP contribution >= 0.6 is 0 Å². The van der Waals surface area contributed by atoms with Crippen LogP contribution in [0, 0.1) is 20.2 Å². The van der Waals surface area contributed by atoms with Gasteiger partial charge in [-0.05, 0) is 54.6 Å². The topological polar surface area (TPSA) is 213 Å². The molecule has 272 valence electrons. The zero-order valence-electron chi connectivity index (χ0n) is 28.3. The van der Waals surface area contributed by atoms with E-state index in [9.17, 15) is 39.7 Å². The number of esters is 1. The van der Waals surface area contributed by atoms with Crippen molar-refractivity contribution in [1.82, 2.24) is 5.32 Å². The van der Waals surface area contributed by atoms with Crippen LogP contribution in [0.3, 0.4) is 0 Å². The number of phenols is 1. The Morgan fingerprint density at radius 3 is 2.22 bits per heavy atom. The minimum Gasteiger partial charge on any atom is -0.508 e. The third-order valence-electron chi connectivity index (χ3n) is 8.88. The van der Waals surface area contributed by atoms with Crippen LogP contribution in [0.5, 0.6) is 23.0 Å². The number of benzene rings is 5. The molecule has 2 aliphatic rings. The van der Waals surface area contributed by atoms with E-state index in [4.69, 9.17) is 14.2 Å². The minimum absolute atomic E-state index is 0.00227. The smallest absolute Gasteiger partial charge is 0.340 e. The number of amides is 2. The number of fused-ring (bicyclic) bond motifs is 6. The quantitative estimate of drug-likeness (QED) is 0.0650. The lowest BCUT2D eigenvalue weighted by Gasteiger charge is -2.37. The molecule has 16 heteroatoms. The molecule has 0 saturated carbocycles. The zero-order valence-corrected chi connectivity index (χ0v) is 28.3. The number of nitrogens with one attached hydrogen (secondary N) is 2. The Balaban J connectivity index is 0.962. The van der Waals surface area contributed by atoms with Gasteiger partial charge in [-0.3, -0.25) is 29.8 Å². The van der Waals surface area contributed by atoms with Crippen LogP contribution in [0.4, 0.5) is 22.7 Å². The lowest BCUT2D eigenvalue weighted by atomic mass is 9.77. The number of nitrogens with zero attached hydrogens (tertiary/aromatic N) is 3. The maximum absolute atomic E-state index is 13.0. The van der Waals surface area contributed by atoms with Crippen LogP contribution in [0.2, 0.25) is 0 Å². The molecule has 16 nitrogen and oxygen atoms in total. The number of nitro groups is 2. The SMILES string of the molecule is CN(CC(=O)Nc1ccc(OCCNC(=O)c2cc([N+](=O)[O-])cc([N+](=O)[O-])c2)cc1)c1ccc2c(c1)Oc1cc(O)ccc1C21OC(=O)c2ccccc21. The van der Waals surface area contributed by atoms with E-state index in [1.54, 1.807) is 72.6 Å². The van der Waals surface area contributed by atoms with E-state index in [1.165, 1.54) is 12.1 Å². The van der Waals surface area contributed by atoms with Gasteiger partial charge in [0.05, 0.1) is 40.1 Å². The molecule has 1 spiro atoms. The molecule has 2 aliphatic heterocycles. The molecular formula is C38H29N5O11. The van der Waals surface area contributed by atoms with Crippen LogP contribution < -0.4 is 25.0 Å². The Labute approximate surface area is 305 Å². The highest BCUT2D eigenvalue weighted by molar-refractivity contribution is 5.97. The molecule has 5 aromatic rings. The highest BCUT2D eigenvalue weighted by atomic mass is 16.6. The van der Waals surface area contributed by atoms with Gasteiger partial charge in [0.15, 0.2) is 5.60 Å². The van der Waals surface area contributed by atoms with Gasteiger partial charge in [-0.1, -0.05) is 18.2 Å². The molecule has 5 aromatic carbocycles. The average Bonchev–Trinajstić information content (AvgIpc) is 3.45. The summed E-state index contributed by atoms with van der Waals surface area (Å²) in [7, 11) is 1.74.